The predicted molar refractivity (Wildman–Crippen MR) is 150 cm³/mol. The molecule has 0 saturated carbocycles. The molecule has 0 aliphatic rings. The van der Waals surface area contributed by atoms with Crippen molar-refractivity contribution >= 4 is 29.5 Å². The van der Waals surface area contributed by atoms with E-state index in [1.807, 2.05) is 20.8 Å². The minimum absolute atomic E-state index is 0.0373. The van der Waals surface area contributed by atoms with Crippen molar-refractivity contribution in [3.05, 3.63) is 89.5 Å². The van der Waals surface area contributed by atoms with Gasteiger partial charge in [0, 0.05) is 12.5 Å². The average molecular weight is 595 g/mol. The van der Waals surface area contributed by atoms with E-state index in [0.29, 0.717) is 0 Å². The van der Waals surface area contributed by atoms with E-state index in [-0.39, 0.29) is 21.5 Å². The monoisotopic (exact) mass is 594 g/mol. The zero-order valence-corrected chi connectivity index (χ0v) is 24.9. The van der Waals surface area contributed by atoms with Crippen LogP contribution < -0.4 is 0 Å². The maximum atomic E-state index is 13.6. The maximum Gasteiger partial charge on any atom is 0.179 e. The lowest BCUT2D eigenvalue weighted by Crippen LogP contribution is -2.46. The largest absolute Gasteiger partial charge is 0.359 e. The molecule has 0 spiro atoms. The van der Waals surface area contributed by atoms with Gasteiger partial charge in [0.25, 0.3) is 0 Å². The lowest BCUT2D eigenvalue weighted by atomic mass is 9.97. The van der Waals surface area contributed by atoms with Gasteiger partial charge in [-0.25, -0.2) is 25.3 Å². The van der Waals surface area contributed by atoms with Gasteiger partial charge in [0.05, 0.1) is 38.6 Å². The Morgan fingerprint density at radius 3 is 1.08 bits per heavy atom. The van der Waals surface area contributed by atoms with Crippen molar-refractivity contribution < 1.29 is 34.7 Å². The molecule has 3 rings (SSSR count). The smallest absolute Gasteiger partial charge is 0.179 e. The number of benzene rings is 3. The van der Waals surface area contributed by atoms with Crippen LogP contribution in [0.15, 0.2) is 87.5 Å². The normalized spacial score (nSPS) is 12.9. The molecule has 0 radical (unpaired) electrons. The summed E-state index contributed by atoms with van der Waals surface area (Å²) in [5.74, 6) is -2.32. The fraction of sp³-hybridized carbons (Fsp3) is 0.357. The van der Waals surface area contributed by atoms with Gasteiger partial charge in [0.15, 0.2) is 29.5 Å². The number of aryl methyl sites for hydroxylation is 3. The molecule has 0 atom stereocenters. The highest BCUT2D eigenvalue weighted by Crippen LogP contribution is 2.33. The molecule has 8 nitrogen and oxygen atoms in total. The Balaban J connectivity index is 2.17. The number of hydrogen-bond donors (Lipinski definition) is 0. The molecule has 39 heavy (non-hydrogen) atoms. The second-order valence-electron chi connectivity index (χ2n) is 9.97. The molecule has 0 amide bonds. The Morgan fingerprint density at radius 1 is 0.538 bits per heavy atom. The summed E-state index contributed by atoms with van der Waals surface area (Å²) >= 11 is 0. The molecule has 0 N–H and O–H groups in total. The Hall–Kier alpha value is -2.57. The summed E-state index contributed by atoms with van der Waals surface area (Å²) < 4.78 is 92.4. The quantitative estimate of drug-likeness (QED) is 0.216. The first-order valence-corrected chi connectivity index (χ1v) is 17.1. The first-order chi connectivity index (χ1) is 18.2. The number of methoxy groups -OCH3 is 1. The highest BCUT2D eigenvalue weighted by atomic mass is 32.2. The maximum absolute atomic E-state index is 13.6. The zero-order chi connectivity index (χ0) is 28.9. The van der Waals surface area contributed by atoms with Gasteiger partial charge in [-0.2, -0.15) is 0 Å². The molecule has 0 heterocycles. The van der Waals surface area contributed by atoms with E-state index in [4.69, 9.17) is 9.47 Å². The molecule has 0 fully saturated rings. The van der Waals surface area contributed by atoms with Crippen molar-refractivity contribution in [1.82, 2.24) is 0 Å². The van der Waals surface area contributed by atoms with Crippen LogP contribution in [-0.2, 0) is 39.0 Å². The van der Waals surface area contributed by atoms with E-state index < -0.39 is 58.8 Å². The van der Waals surface area contributed by atoms with Crippen LogP contribution in [0.3, 0.4) is 0 Å². The summed E-state index contributed by atoms with van der Waals surface area (Å²) in [6.07, 6.45) is 0. The van der Waals surface area contributed by atoms with E-state index in [0.717, 1.165) is 16.7 Å². The first-order valence-electron chi connectivity index (χ1n) is 12.1. The third-order valence-corrected chi connectivity index (χ3v) is 12.2. The van der Waals surface area contributed by atoms with Crippen LogP contribution in [0.2, 0.25) is 0 Å². The molecule has 0 bridgehead atoms. The summed E-state index contributed by atoms with van der Waals surface area (Å²) in [6.45, 7) is 4.66. The van der Waals surface area contributed by atoms with Crippen molar-refractivity contribution in [1.29, 1.82) is 0 Å². The topological polar surface area (TPSA) is 121 Å². The van der Waals surface area contributed by atoms with Crippen LogP contribution in [0.5, 0.6) is 0 Å². The highest BCUT2D eigenvalue weighted by molar-refractivity contribution is 7.93. The minimum atomic E-state index is -4.14. The van der Waals surface area contributed by atoms with Gasteiger partial charge in [0.1, 0.15) is 6.79 Å². The first kappa shape index (κ1) is 31.0. The van der Waals surface area contributed by atoms with Crippen LogP contribution in [0.25, 0.3) is 0 Å². The molecule has 3 aromatic carbocycles. The SMILES string of the molecule is COCOCC(CS(=O)(=O)c1ccc(C)cc1)(CS(=O)(=O)c1ccc(C)cc1)CS(=O)(=O)c1ccc(C)cc1. The summed E-state index contributed by atoms with van der Waals surface area (Å²) in [5.41, 5.74) is 0.656. The second kappa shape index (κ2) is 12.3. The number of hydrogen-bond acceptors (Lipinski definition) is 8. The Labute approximate surface area is 231 Å². The third kappa shape index (κ3) is 8.21. The van der Waals surface area contributed by atoms with E-state index in [1.54, 1.807) is 36.4 Å². The van der Waals surface area contributed by atoms with Gasteiger partial charge in [-0.1, -0.05) is 53.1 Å². The van der Waals surface area contributed by atoms with Crippen molar-refractivity contribution in [2.75, 3.05) is 37.8 Å². The molecule has 0 aliphatic heterocycles. The summed E-state index contributed by atoms with van der Waals surface area (Å²) in [5, 5.41) is 0. The van der Waals surface area contributed by atoms with Crippen molar-refractivity contribution in [2.45, 2.75) is 35.5 Å². The van der Waals surface area contributed by atoms with Crippen LogP contribution in [0.4, 0.5) is 0 Å². The lowest BCUT2D eigenvalue weighted by molar-refractivity contribution is -0.0529. The van der Waals surface area contributed by atoms with Crippen molar-refractivity contribution in [2.24, 2.45) is 5.41 Å². The summed E-state index contributed by atoms with van der Waals surface area (Å²) in [4.78, 5) is -0.112. The van der Waals surface area contributed by atoms with Gasteiger partial charge in [0.2, 0.25) is 0 Å². The predicted octanol–water partition coefficient (Wildman–Crippen LogP) is 3.94. The van der Waals surface area contributed by atoms with E-state index in [2.05, 4.69) is 0 Å². The Kier molecular flexibility index (Phi) is 9.77. The Bertz CT molecular complexity index is 1390. The summed E-state index contributed by atoms with van der Waals surface area (Å²) in [7, 11) is -11.1. The van der Waals surface area contributed by atoms with Crippen molar-refractivity contribution in [3.8, 4) is 0 Å². The lowest BCUT2D eigenvalue weighted by Gasteiger charge is -2.33. The molecule has 3 aromatic rings. The molecular weight excluding hydrogens is 561 g/mol. The van der Waals surface area contributed by atoms with Crippen LogP contribution in [0.1, 0.15) is 16.7 Å². The standard InChI is InChI=1S/C28H34O8S3/c1-22-5-11-25(12-6-22)37(29,30)18-28(17-36-21-35-4,19-38(31,32)26-13-7-23(2)8-14-26)20-39(33,34)27-15-9-24(3)10-16-27/h5-16H,17-21H2,1-4H3. The molecule has 0 saturated heterocycles. The van der Waals surface area contributed by atoms with Gasteiger partial charge in [-0.3, -0.25) is 0 Å². The number of sulfone groups is 3. The molecule has 11 heteroatoms. The number of rotatable bonds is 13. The fourth-order valence-electron chi connectivity index (χ4n) is 4.29. The highest BCUT2D eigenvalue weighted by Gasteiger charge is 2.45. The van der Waals surface area contributed by atoms with E-state index in [1.165, 1.54) is 43.5 Å². The number of ether oxygens (including phenoxy) is 2. The molecule has 0 unspecified atom stereocenters. The van der Waals surface area contributed by atoms with Crippen molar-refractivity contribution in [3.63, 3.8) is 0 Å². The fourth-order valence-corrected chi connectivity index (χ4v) is 10.1. The van der Waals surface area contributed by atoms with Gasteiger partial charge in [-0.05, 0) is 57.2 Å². The zero-order valence-electron chi connectivity index (χ0n) is 22.5. The second-order valence-corrected chi connectivity index (χ2v) is 15.9. The molecular formula is C28H34O8S3. The molecule has 212 valence electrons. The van der Waals surface area contributed by atoms with Gasteiger partial charge >= 0.3 is 0 Å². The average Bonchev–Trinajstić information content (AvgIpc) is 2.84. The van der Waals surface area contributed by atoms with Crippen LogP contribution >= 0.6 is 0 Å². The Morgan fingerprint density at radius 2 is 0.821 bits per heavy atom. The van der Waals surface area contributed by atoms with Crippen LogP contribution in [0, 0.1) is 26.2 Å². The molecule has 0 aliphatic carbocycles. The third-order valence-electron chi connectivity index (χ3n) is 6.24. The van der Waals surface area contributed by atoms with E-state index >= 15 is 0 Å². The summed E-state index contributed by atoms with van der Waals surface area (Å²) in [6, 6.07) is 18.3. The minimum Gasteiger partial charge on any atom is -0.359 e. The van der Waals surface area contributed by atoms with Gasteiger partial charge in [-0.15, -0.1) is 0 Å². The van der Waals surface area contributed by atoms with Gasteiger partial charge < -0.3 is 9.47 Å². The van der Waals surface area contributed by atoms with Crippen LogP contribution in [-0.4, -0.2) is 63.0 Å². The van der Waals surface area contributed by atoms with E-state index in [9.17, 15) is 25.3 Å². The molecule has 0 aromatic heterocycles.